The maximum atomic E-state index is 13.7. The van der Waals surface area contributed by atoms with Gasteiger partial charge in [-0.3, -0.25) is 0 Å². The summed E-state index contributed by atoms with van der Waals surface area (Å²) in [4.78, 5) is 4.54. The van der Waals surface area contributed by atoms with Crippen molar-refractivity contribution in [3.05, 3.63) is 36.4 Å². The van der Waals surface area contributed by atoms with Crippen LogP contribution in [0.15, 0.2) is 36.4 Å². The molecule has 0 aliphatic carbocycles. The molecule has 0 fully saturated rings. The number of fused-ring (bicyclic) bond motifs is 1. The lowest BCUT2D eigenvalue weighted by Gasteiger charge is -2.09. The van der Waals surface area contributed by atoms with Crippen molar-refractivity contribution in [1.82, 2.24) is 4.98 Å². The van der Waals surface area contributed by atoms with Crippen molar-refractivity contribution < 1.29 is 9.42 Å². The summed E-state index contributed by atoms with van der Waals surface area (Å²) in [6.45, 7) is 0.474. The second kappa shape index (κ2) is 5.37. The normalized spacial score (nSPS) is 10.8. The maximum absolute atomic E-state index is 13.7. The first-order valence-electron chi connectivity index (χ1n) is 6.64. The molecule has 1 aromatic heterocycles. The number of halogens is 1. The van der Waals surface area contributed by atoms with Crippen LogP contribution in [0.4, 0.5) is 10.0 Å². The molecule has 0 unspecified atom stereocenters. The number of anilines is 1. The number of rotatable bonds is 3. The van der Waals surface area contributed by atoms with Gasteiger partial charge in [-0.1, -0.05) is 6.07 Å². The molecular formula is C15H14BFN2OS. The van der Waals surface area contributed by atoms with E-state index in [-0.39, 0.29) is 5.75 Å². The van der Waals surface area contributed by atoms with E-state index in [2.05, 4.69) is 10.3 Å². The number of nitrogens with zero attached hydrogens (tertiary/aromatic N) is 1. The largest absolute Gasteiger partial charge is 0.508 e. The number of hydrogen-bond donors (Lipinski definition) is 2. The minimum absolute atomic E-state index is 0.223. The predicted octanol–water partition coefficient (Wildman–Crippen LogP) is 3.51. The lowest BCUT2D eigenvalue weighted by molar-refractivity contribution is 0.476. The molecule has 0 atom stereocenters. The van der Waals surface area contributed by atoms with Crippen LogP contribution in [0, 0.1) is 0 Å². The van der Waals surface area contributed by atoms with E-state index in [1.165, 1.54) is 18.2 Å². The van der Waals surface area contributed by atoms with E-state index in [0.29, 0.717) is 5.46 Å². The van der Waals surface area contributed by atoms with Crippen LogP contribution in [0.3, 0.4) is 0 Å². The van der Waals surface area contributed by atoms with Gasteiger partial charge in [0.15, 0.2) is 0 Å². The van der Waals surface area contributed by atoms with Gasteiger partial charge in [-0.25, -0.2) is 4.98 Å². The molecule has 0 aliphatic heterocycles. The minimum Gasteiger partial charge on any atom is -0.508 e. The summed E-state index contributed by atoms with van der Waals surface area (Å²) < 4.78 is 14.7. The summed E-state index contributed by atoms with van der Waals surface area (Å²) >= 11 is 1.48. The van der Waals surface area contributed by atoms with Crippen LogP contribution in [0.5, 0.6) is 5.75 Å². The number of aromatic hydroxyl groups is 1. The number of phenolic OH excluding ortho intramolecular Hbond substituents is 1. The highest BCUT2D eigenvalue weighted by molar-refractivity contribution is 7.21. The van der Waals surface area contributed by atoms with Crippen molar-refractivity contribution in [2.75, 3.05) is 12.4 Å². The van der Waals surface area contributed by atoms with Gasteiger partial charge in [0.2, 0.25) is 0 Å². The SMILES string of the molecule is CNc1ccc(-c2nc3ccc(O)cc3s2)cc1B(C)F. The molecule has 3 nitrogen and oxygen atoms in total. The van der Waals surface area contributed by atoms with Crippen molar-refractivity contribution in [1.29, 1.82) is 0 Å². The van der Waals surface area contributed by atoms with Crippen LogP contribution in [0.2, 0.25) is 6.82 Å². The van der Waals surface area contributed by atoms with Gasteiger partial charge in [0.25, 0.3) is 0 Å². The van der Waals surface area contributed by atoms with Gasteiger partial charge in [-0.15, -0.1) is 11.3 Å². The summed E-state index contributed by atoms with van der Waals surface area (Å²) in [6, 6.07) is 10.7. The summed E-state index contributed by atoms with van der Waals surface area (Å²) in [5.41, 5.74) is 3.12. The quantitative estimate of drug-likeness (QED) is 0.728. The van der Waals surface area contributed by atoms with Crippen LogP contribution in [-0.2, 0) is 0 Å². The van der Waals surface area contributed by atoms with Gasteiger partial charge in [0.1, 0.15) is 10.8 Å². The van der Waals surface area contributed by atoms with Crippen molar-refractivity contribution in [3.8, 4) is 16.3 Å². The Balaban J connectivity index is 2.11. The zero-order valence-corrected chi connectivity index (χ0v) is 12.5. The summed E-state index contributed by atoms with van der Waals surface area (Å²) in [7, 11) is 1.78. The first kappa shape index (κ1) is 13.9. The molecule has 0 bridgehead atoms. The van der Waals surface area contributed by atoms with E-state index < -0.39 is 6.99 Å². The summed E-state index contributed by atoms with van der Waals surface area (Å²) in [6.07, 6.45) is 0. The second-order valence-electron chi connectivity index (χ2n) is 4.84. The predicted molar refractivity (Wildman–Crippen MR) is 88.6 cm³/mol. The second-order valence-corrected chi connectivity index (χ2v) is 5.87. The fraction of sp³-hybridized carbons (Fsp3) is 0.133. The molecular weight excluding hydrogens is 286 g/mol. The van der Waals surface area contributed by atoms with Gasteiger partial charge in [-0.2, -0.15) is 0 Å². The van der Waals surface area contributed by atoms with Gasteiger partial charge >= 0.3 is 6.99 Å². The van der Waals surface area contributed by atoms with E-state index in [9.17, 15) is 9.42 Å². The Hall–Kier alpha value is -2.08. The molecule has 3 rings (SSSR count). The molecule has 21 heavy (non-hydrogen) atoms. The molecule has 0 amide bonds. The number of thiazole rings is 1. The molecule has 106 valence electrons. The van der Waals surface area contributed by atoms with Gasteiger partial charge in [0.05, 0.1) is 10.2 Å². The lowest BCUT2D eigenvalue weighted by atomic mass is 9.66. The Morgan fingerprint density at radius 2 is 2.05 bits per heavy atom. The molecule has 2 aromatic carbocycles. The van der Waals surface area contributed by atoms with Crippen molar-refractivity contribution in [3.63, 3.8) is 0 Å². The first-order valence-corrected chi connectivity index (χ1v) is 7.46. The molecule has 0 radical (unpaired) electrons. The third kappa shape index (κ3) is 2.59. The Morgan fingerprint density at radius 3 is 2.76 bits per heavy atom. The van der Waals surface area contributed by atoms with Gasteiger partial charge < -0.3 is 14.7 Å². The highest BCUT2D eigenvalue weighted by atomic mass is 32.1. The number of aromatic nitrogens is 1. The molecule has 0 saturated carbocycles. The van der Waals surface area contributed by atoms with Crippen LogP contribution in [0.25, 0.3) is 20.8 Å². The molecule has 0 spiro atoms. The molecule has 6 heteroatoms. The monoisotopic (exact) mass is 300 g/mol. The number of nitrogens with one attached hydrogen (secondary N) is 1. The highest BCUT2D eigenvalue weighted by Gasteiger charge is 2.16. The zero-order chi connectivity index (χ0) is 15.0. The fourth-order valence-electron chi connectivity index (χ4n) is 2.29. The van der Waals surface area contributed by atoms with Crippen LogP contribution < -0.4 is 10.8 Å². The van der Waals surface area contributed by atoms with E-state index in [1.807, 2.05) is 18.2 Å². The Kier molecular flexibility index (Phi) is 3.55. The summed E-state index contributed by atoms with van der Waals surface area (Å²) in [5.74, 6) is 0.223. The highest BCUT2D eigenvalue weighted by Crippen LogP contribution is 2.32. The van der Waals surface area contributed by atoms with Crippen LogP contribution in [0.1, 0.15) is 0 Å². The van der Waals surface area contributed by atoms with Crippen molar-refractivity contribution in [2.24, 2.45) is 0 Å². The third-order valence-corrected chi connectivity index (χ3v) is 4.44. The molecule has 0 aliphatic rings. The molecule has 0 saturated heterocycles. The van der Waals surface area contributed by atoms with E-state index >= 15 is 0 Å². The molecule has 1 heterocycles. The smallest absolute Gasteiger partial charge is 0.379 e. The summed E-state index contributed by atoms with van der Waals surface area (Å²) in [5, 5.41) is 13.3. The standard InChI is InChI=1S/C15H14BFN2OS/c1-16(17)11-7-9(3-5-12(11)18-2)15-19-13-6-4-10(20)8-14(13)21-15/h3-8,18,20H,1-2H3. The van der Waals surface area contributed by atoms with Crippen molar-refractivity contribution in [2.45, 2.75) is 6.82 Å². The van der Waals surface area contributed by atoms with Crippen LogP contribution >= 0.6 is 11.3 Å². The minimum atomic E-state index is -1.05. The lowest BCUT2D eigenvalue weighted by Crippen LogP contribution is -2.24. The maximum Gasteiger partial charge on any atom is 0.379 e. The zero-order valence-electron chi connectivity index (χ0n) is 11.7. The Bertz CT molecular complexity index is 803. The van der Waals surface area contributed by atoms with Crippen LogP contribution in [-0.4, -0.2) is 24.1 Å². The van der Waals surface area contributed by atoms with Gasteiger partial charge in [0, 0.05) is 18.3 Å². The average molecular weight is 300 g/mol. The Labute approximate surface area is 126 Å². The topological polar surface area (TPSA) is 45.2 Å². The Morgan fingerprint density at radius 1 is 1.24 bits per heavy atom. The average Bonchev–Trinajstić information content (AvgIpc) is 2.89. The molecule has 3 aromatic rings. The van der Waals surface area contributed by atoms with Crippen molar-refractivity contribution >= 4 is 39.7 Å². The number of phenols is 1. The third-order valence-electron chi connectivity index (χ3n) is 3.37. The van der Waals surface area contributed by atoms with E-state index in [1.54, 1.807) is 25.2 Å². The first-order chi connectivity index (χ1) is 10.1. The fourth-order valence-corrected chi connectivity index (χ4v) is 3.28. The van der Waals surface area contributed by atoms with E-state index in [4.69, 9.17) is 0 Å². The number of benzene rings is 2. The number of hydrogen-bond acceptors (Lipinski definition) is 4. The van der Waals surface area contributed by atoms with E-state index in [0.717, 1.165) is 26.5 Å². The molecule has 2 N–H and O–H groups in total. The van der Waals surface area contributed by atoms with Gasteiger partial charge in [-0.05, 0) is 42.6 Å².